The standard InChI is InChI=1S/C17H13N3O5/c1-10(21)14-15(11-5-7-12(8-6-11)20(24)25)19(17(23)16(14)22)13-4-2-3-9-18-13/h2-9,15,22H,1H3/t15-/m0/s1. The van der Waals surface area contributed by atoms with Crippen molar-refractivity contribution in [2.75, 3.05) is 4.90 Å². The Bertz CT molecular complexity index is 890. The first-order valence-electron chi connectivity index (χ1n) is 7.35. The highest BCUT2D eigenvalue weighted by Crippen LogP contribution is 2.40. The van der Waals surface area contributed by atoms with Crippen LogP contribution >= 0.6 is 0 Å². The summed E-state index contributed by atoms with van der Waals surface area (Å²) in [6.07, 6.45) is 1.48. The molecule has 1 atom stereocenters. The fourth-order valence-electron chi connectivity index (χ4n) is 2.79. The fraction of sp³-hybridized carbons (Fsp3) is 0.118. The Morgan fingerprint density at radius 3 is 2.44 bits per heavy atom. The number of nitrogens with zero attached hydrogens (tertiary/aromatic N) is 3. The Labute approximate surface area is 142 Å². The van der Waals surface area contributed by atoms with Crippen LogP contribution < -0.4 is 4.90 Å². The van der Waals surface area contributed by atoms with Gasteiger partial charge in [-0.05, 0) is 36.8 Å². The number of pyridine rings is 1. The molecule has 0 aliphatic carbocycles. The van der Waals surface area contributed by atoms with Gasteiger partial charge in [0.05, 0.1) is 16.5 Å². The zero-order chi connectivity index (χ0) is 18.1. The fourth-order valence-corrected chi connectivity index (χ4v) is 2.79. The number of nitro benzene ring substituents is 1. The lowest BCUT2D eigenvalue weighted by atomic mass is 9.96. The summed E-state index contributed by atoms with van der Waals surface area (Å²) in [5.41, 5.74) is 0.276. The molecule has 0 saturated heterocycles. The number of amides is 1. The maximum Gasteiger partial charge on any atom is 0.295 e. The molecule has 126 valence electrons. The number of carbonyl (C=O) groups is 2. The molecule has 0 bridgehead atoms. The average molecular weight is 339 g/mol. The summed E-state index contributed by atoms with van der Waals surface area (Å²) in [5.74, 6) is -1.58. The Morgan fingerprint density at radius 2 is 1.92 bits per heavy atom. The first-order valence-corrected chi connectivity index (χ1v) is 7.35. The van der Waals surface area contributed by atoms with Crippen molar-refractivity contribution in [2.24, 2.45) is 0 Å². The van der Waals surface area contributed by atoms with Gasteiger partial charge in [-0.2, -0.15) is 0 Å². The summed E-state index contributed by atoms with van der Waals surface area (Å²) in [4.78, 5) is 40.1. The number of Topliss-reactive ketones (excluding diaryl/α,β-unsaturated/α-hetero) is 1. The van der Waals surface area contributed by atoms with Crippen molar-refractivity contribution in [3.63, 3.8) is 0 Å². The summed E-state index contributed by atoms with van der Waals surface area (Å²) < 4.78 is 0. The number of nitro groups is 1. The van der Waals surface area contributed by atoms with E-state index in [9.17, 15) is 24.8 Å². The van der Waals surface area contributed by atoms with Crippen molar-refractivity contribution in [2.45, 2.75) is 13.0 Å². The minimum absolute atomic E-state index is 0.0653. The predicted octanol–water partition coefficient (Wildman–Crippen LogP) is 2.48. The van der Waals surface area contributed by atoms with Gasteiger partial charge in [0.15, 0.2) is 11.5 Å². The normalized spacial score (nSPS) is 17.1. The van der Waals surface area contributed by atoms with E-state index in [0.717, 1.165) is 0 Å². The molecule has 2 heterocycles. The van der Waals surface area contributed by atoms with E-state index >= 15 is 0 Å². The van der Waals surface area contributed by atoms with Gasteiger partial charge in [-0.15, -0.1) is 0 Å². The largest absolute Gasteiger partial charge is 0.503 e. The molecule has 8 heteroatoms. The maximum atomic E-state index is 12.5. The number of anilines is 1. The Balaban J connectivity index is 2.14. The summed E-state index contributed by atoms with van der Waals surface area (Å²) in [5, 5.41) is 21.0. The summed E-state index contributed by atoms with van der Waals surface area (Å²) in [6.45, 7) is 1.25. The molecule has 2 aromatic rings. The van der Waals surface area contributed by atoms with Gasteiger partial charge < -0.3 is 5.11 Å². The first-order chi connectivity index (χ1) is 11.9. The lowest BCUT2D eigenvalue weighted by Gasteiger charge is -2.25. The zero-order valence-electron chi connectivity index (χ0n) is 13.1. The van der Waals surface area contributed by atoms with E-state index in [1.807, 2.05) is 0 Å². The summed E-state index contributed by atoms with van der Waals surface area (Å²) in [6, 6.07) is 9.48. The van der Waals surface area contributed by atoms with Crippen molar-refractivity contribution < 1.29 is 19.6 Å². The smallest absolute Gasteiger partial charge is 0.295 e. The predicted molar refractivity (Wildman–Crippen MR) is 87.9 cm³/mol. The zero-order valence-corrected chi connectivity index (χ0v) is 13.1. The molecule has 0 unspecified atom stereocenters. The van der Waals surface area contributed by atoms with Crippen molar-refractivity contribution in [3.8, 4) is 0 Å². The van der Waals surface area contributed by atoms with Gasteiger partial charge in [-0.3, -0.25) is 24.6 Å². The molecule has 1 amide bonds. The van der Waals surface area contributed by atoms with Gasteiger partial charge in [-0.1, -0.05) is 6.07 Å². The minimum Gasteiger partial charge on any atom is -0.503 e. The summed E-state index contributed by atoms with van der Waals surface area (Å²) in [7, 11) is 0. The second-order valence-electron chi connectivity index (χ2n) is 5.43. The number of rotatable bonds is 4. The monoisotopic (exact) mass is 339 g/mol. The second kappa shape index (κ2) is 6.16. The molecule has 3 rings (SSSR count). The minimum atomic E-state index is -0.902. The number of ketones is 1. The van der Waals surface area contributed by atoms with E-state index < -0.39 is 28.4 Å². The van der Waals surface area contributed by atoms with Gasteiger partial charge >= 0.3 is 0 Å². The number of aliphatic hydroxyl groups excluding tert-OH is 1. The second-order valence-corrected chi connectivity index (χ2v) is 5.43. The van der Waals surface area contributed by atoms with Crippen LogP contribution in [-0.4, -0.2) is 26.7 Å². The van der Waals surface area contributed by atoms with Crippen LogP contribution in [0, 0.1) is 10.1 Å². The number of aliphatic hydroxyl groups is 1. The number of carbonyl (C=O) groups excluding carboxylic acids is 2. The lowest BCUT2D eigenvalue weighted by molar-refractivity contribution is -0.384. The number of aromatic nitrogens is 1. The van der Waals surface area contributed by atoms with Crippen LogP contribution in [0.2, 0.25) is 0 Å². The van der Waals surface area contributed by atoms with E-state index in [1.165, 1.54) is 42.3 Å². The average Bonchev–Trinajstić information content (AvgIpc) is 2.87. The van der Waals surface area contributed by atoms with Crippen LogP contribution in [0.5, 0.6) is 0 Å². The maximum absolute atomic E-state index is 12.5. The Morgan fingerprint density at radius 1 is 1.24 bits per heavy atom. The molecule has 25 heavy (non-hydrogen) atoms. The number of benzene rings is 1. The third-order valence-electron chi connectivity index (χ3n) is 3.90. The van der Waals surface area contributed by atoms with Crippen LogP contribution in [0.15, 0.2) is 60.0 Å². The molecule has 0 fully saturated rings. The van der Waals surface area contributed by atoms with Crippen LogP contribution in [0.25, 0.3) is 0 Å². The molecule has 1 aromatic heterocycles. The third-order valence-corrected chi connectivity index (χ3v) is 3.90. The Hall–Kier alpha value is -3.55. The Kier molecular flexibility index (Phi) is 4.02. The first kappa shape index (κ1) is 16.3. The van der Waals surface area contributed by atoms with Gasteiger partial charge in [0.25, 0.3) is 11.6 Å². The SMILES string of the molecule is CC(=O)C1=C(O)C(=O)N(c2ccccn2)[C@H]1c1ccc([N+](=O)[O-])cc1. The molecule has 1 aliphatic heterocycles. The molecule has 1 aliphatic rings. The summed E-state index contributed by atoms with van der Waals surface area (Å²) >= 11 is 0. The number of hydrogen-bond donors (Lipinski definition) is 1. The highest BCUT2D eigenvalue weighted by atomic mass is 16.6. The molecule has 0 radical (unpaired) electrons. The number of hydrogen-bond acceptors (Lipinski definition) is 6. The quantitative estimate of drug-likeness (QED) is 0.676. The van der Waals surface area contributed by atoms with Crippen molar-refractivity contribution >= 4 is 23.2 Å². The van der Waals surface area contributed by atoms with Crippen LogP contribution in [-0.2, 0) is 9.59 Å². The van der Waals surface area contributed by atoms with Crippen LogP contribution in [0.1, 0.15) is 18.5 Å². The molecule has 1 aromatic carbocycles. The van der Waals surface area contributed by atoms with Crippen molar-refractivity contribution in [3.05, 3.63) is 75.7 Å². The van der Waals surface area contributed by atoms with Crippen LogP contribution in [0.4, 0.5) is 11.5 Å². The van der Waals surface area contributed by atoms with Crippen LogP contribution in [0.3, 0.4) is 0 Å². The highest BCUT2D eigenvalue weighted by molar-refractivity contribution is 6.15. The number of non-ortho nitro benzene ring substituents is 1. The lowest BCUT2D eigenvalue weighted by Crippen LogP contribution is -2.31. The highest BCUT2D eigenvalue weighted by Gasteiger charge is 2.43. The molecule has 0 saturated carbocycles. The van der Waals surface area contributed by atoms with Crippen molar-refractivity contribution in [1.82, 2.24) is 4.98 Å². The van der Waals surface area contributed by atoms with E-state index in [4.69, 9.17) is 0 Å². The van der Waals surface area contributed by atoms with Crippen molar-refractivity contribution in [1.29, 1.82) is 0 Å². The van der Waals surface area contributed by atoms with E-state index in [1.54, 1.807) is 18.2 Å². The third kappa shape index (κ3) is 2.74. The molecular weight excluding hydrogens is 326 g/mol. The van der Waals surface area contributed by atoms with E-state index in [-0.39, 0.29) is 17.1 Å². The topological polar surface area (TPSA) is 114 Å². The van der Waals surface area contributed by atoms with Gasteiger partial charge in [0, 0.05) is 18.3 Å². The van der Waals surface area contributed by atoms with Gasteiger partial charge in [-0.25, -0.2) is 4.98 Å². The molecular formula is C17H13N3O5. The van der Waals surface area contributed by atoms with E-state index in [0.29, 0.717) is 5.56 Å². The van der Waals surface area contributed by atoms with Gasteiger partial charge in [0.1, 0.15) is 5.82 Å². The molecule has 0 spiro atoms. The molecule has 1 N–H and O–H groups in total. The molecule has 8 nitrogen and oxygen atoms in total. The van der Waals surface area contributed by atoms with Gasteiger partial charge in [0.2, 0.25) is 0 Å². The van der Waals surface area contributed by atoms with E-state index in [2.05, 4.69) is 4.98 Å².